The Kier molecular flexibility index (Phi) is 47.7. The van der Waals surface area contributed by atoms with E-state index in [2.05, 4.69) is 32.6 Å². The highest BCUT2D eigenvalue weighted by Gasteiger charge is 2.13. The molecule has 358 valence electrons. The lowest BCUT2D eigenvalue weighted by Gasteiger charge is -2.21. The highest BCUT2D eigenvalue weighted by atomic mass is 16.7. The Morgan fingerprint density at radius 1 is 0.383 bits per heavy atom. The van der Waals surface area contributed by atoms with E-state index in [-0.39, 0.29) is 31.1 Å². The van der Waals surface area contributed by atoms with Gasteiger partial charge in [0.25, 0.3) is 0 Å². The molecular weight excluding hydrogens is 759 g/mol. The van der Waals surface area contributed by atoms with Gasteiger partial charge in [0, 0.05) is 45.8 Å². The highest BCUT2D eigenvalue weighted by molar-refractivity contribution is 5.69. The van der Waals surface area contributed by atoms with E-state index in [0.29, 0.717) is 32.6 Å². The molecule has 10 nitrogen and oxygen atoms in total. The summed E-state index contributed by atoms with van der Waals surface area (Å²) in [4.78, 5) is 27.0. The summed E-state index contributed by atoms with van der Waals surface area (Å²) in [6.07, 6.45) is 32.8. The smallest absolute Gasteiger partial charge is 0.305 e. The standard InChI is InChI=1S/C50H99NO9/c1-5-9-13-27-43-57-49(58-44-28-14-10-6-2)35-23-21-33-47(53)55-41-31-19-17-25-37-51(39-40-52)38-26-18-20-32-42-56-48(54)34-22-24-36-50(59-45-29-15-11-7-3)60-46-30-16-12-8-4/h49-50,52H,5-46H2,1-4H3. The van der Waals surface area contributed by atoms with Crippen LogP contribution in [0.1, 0.15) is 233 Å². The van der Waals surface area contributed by atoms with Crippen molar-refractivity contribution in [3.63, 3.8) is 0 Å². The second-order valence-corrected chi connectivity index (χ2v) is 16.9. The van der Waals surface area contributed by atoms with Crippen molar-refractivity contribution >= 4 is 11.9 Å². The van der Waals surface area contributed by atoms with Gasteiger partial charge in [0.05, 0.1) is 19.8 Å². The number of ether oxygens (including phenoxy) is 6. The van der Waals surface area contributed by atoms with E-state index in [1.807, 2.05) is 0 Å². The maximum Gasteiger partial charge on any atom is 0.305 e. The van der Waals surface area contributed by atoms with E-state index >= 15 is 0 Å². The van der Waals surface area contributed by atoms with Crippen molar-refractivity contribution in [3.05, 3.63) is 0 Å². The summed E-state index contributed by atoms with van der Waals surface area (Å²) < 4.78 is 35.2. The first-order chi connectivity index (χ1) is 29.5. The molecule has 10 heteroatoms. The maximum absolute atomic E-state index is 12.3. The molecule has 0 rings (SSSR count). The average molecular weight is 858 g/mol. The number of carbonyl (C=O) groups excluding carboxylic acids is 2. The molecule has 1 N–H and O–H groups in total. The van der Waals surface area contributed by atoms with Crippen molar-refractivity contribution in [2.45, 2.75) is 246 Å². The summed E-state index contributed by atoms with van der Waals surface area (Å²) in [5.74, 6) is -0.208. The van der Waals surface area contributed by atoms with Crippen molar-refractivity contribution in [2.75, 3.05) is 65.9 Å². The van der Waals surface area contributed by atoms with Gasteiger partial charge in [-0.1, -0.05) is 130 Å². The van der Waals surface area contributed by atoms with E-state index in [0.717, 1.165) is 155 Å². The molecule has 0 aliphatic carbocycles. The molecule has 0 saturated heterocycles. The first-order valence-electron chi connectivity index (χ1n) is 25.6. The first-order valence-corrected chi connectivity index (χ1v) is 25.6. The van der Waals surface area contributed by atoms with Gasteiger partial charge < -0.3 is 38.4 Å². The van der Waals surface area contributed by atoms with E-state index in [4.69, 9.17) is 28.4 Å². The zero-order valence-electron chi connectivity index (χ0n) is 40.0. The Hall–Kier alpha value is -1.30. The van der Waals surface area contributed by atoms with Crippen LogP contribution in [0.15, 0.2) is 0 Å². The minimum absolute atomic E-state index is 0.104. The highest BCUT2D eigenvalue weighted by Crippen LogP contribution is 2.15. The fraction of sp³-hybridized carbons (Fsp3) is 0.960. The van der Waals surface area contributed by atoms with Crippen LogP contribution in [-0.4, -0.2) is 100 Å². The van der Waals surface area contributed by atoms with Gasteiger partial charge in [-0.3, -0.25) is 9.59 Å². The number of hydrogen-bond acceptors (Lipinski definition) is 10. The van der Waals surface area contributed by atoms with E-state index < -0.39 is 0 Å². The predicted molar refractivity (Wildman–Crippen MR) is 247 cm³/mol. The van der Waals surface area contributed by atoms with Crippen molar-refractivity contribution in [2.24, 2.45) is 0 Å². The Balaban J connectivity index is 3.97. The van der Waals surface area contributed by atoms with Crippen LogP contribution in [0.3, 0.4) is 0 Å². The van der Waals surface area contributed by atoms with Crippen LogP contribution in [0.4, 0.5) is 0 Å². The normalized spacial score (nSPS) is 11.7. The quantitative estimate of drug-likeness (QED) is 0.0360. The molecule has 0 aliphatic heterocycles. The lowest BCUT2D eigenvalue weighted by atomic mass is 10.1. The van der Waals surface area contributed by atoms with Crippen LogP contribution in [-0.2, 0) is 38.0 Å². The molecule has 0 unspecified atom stereocenters. The number of hydrogen-bond donors (Lipinski definition) is 1. The van der Waals surface area contributed by atoms with Crippen LogP contribution in [0.5, 0.6) is 0 Å². The summed E-state index contributed by atoms with van der Waals surface area (Å²) in [6, 6.07) is 0. The minimum atomic E-state index is -0.164. The molecule has 0 atom stereocenters. The van der Waals surface area contributed by atoms with E-state index in [1.54, 1.807) is 0 Å². The molecular formula is C50H99NO9. The van der Waals surface area contributed by atoms with Gasteiger partial charge in [-0.05, 0) is 103 Å². The Morgan fingerprint density at radius 3 is 1.03 bits per heavy atom. The van der Waals surface area contributed by atoms with E-state index in [1.165, 1.54) is 77.0 Å². The summed E-state index contributed by atoms with van der Waals surface area (Å²) >= 11 is 0. The molecule has 0 radical (unpaired) electrons. The van der Waals surface area contributed by atoms with Crippen LogP contribution < -0.4 is 0 Å². The monoisotopic (exact) mass is 858 g/mol. The molecule has 0 fully saturated rings. The van der Waals surface area contributed by atoms with Gasteiger partial charge in [0.15, 0.2) is 12.6 Å². The van der Waals surface area contributed by atoms with Crippen LogP contribution in [0.2, 0.25) is 0 Å². The van der Waals surface area contributed by atoms with Gasteiger partial charge in [-0.15, -0.1) is 0 Å². The molecule has 0 aromatic carbocycles. The third-order valence-corrected chi connectivity index (χ3v) is 11.0. The maximum atomic E-state index is 12.3. The fourth-order valence-electron chi connectivity index (χ4n) is 7.14. The molecule has 0 aromatic heterocycles. The van der Waals surface area contributed by atoms with Gasteiger partial charge >= 0.3 is 11.9 Å². The fourth-order valence-corrected chi connectivity index (χ4v) is 7.14. The number of esters is 2. The Bertz CT molecular complexity index is 785. The number of carbonyl (C=O) groups is 2. The molecule has 60 heavy (non-hydrogen) atoms. The van der Waals surface area contributed by atoms with Gasteiger partial charge in [0.1, 0.15) is 0 Å². The van der Waals surface area contributed by atoms with E-state index in [9.17, 15) is 14.7 Å². The second kappa shape index (κ2) is 48.7. The summed E-state index contributed by atoms with van der Waals surface area (Å²) in [5, 5.41) is 9.57. The van der Waals surface area contributed by atoms with Crippen molar-refractivity contribution in [3.8, 4) is 0 Å². The van der Waals surface area contributed by atoms with Gasteiger partial charge in [-0.2, -0.15) is 0 Å². The summed E-state index contributed by atoms with van der Waals surface area (Å²) in [7, 11) is 0. The number of unbranched alkanes of at least 4 members (excludes halogenated alkanes) is 20. The number of aliphatic hydroxyl groups excluding tert-OH is 1. The largest absolute Gasteiger partial charge is 0.466 e. The molecule has 0 aliphatic rings. The molecule has 0 saturated carbocycles. The van der Waals surface area contributed by atoms with Crippen molar-refractivity contribution in [1.82, 2.24) is 4.90 Å². The lowest BCUT2D eigenvalue weighted by molar-refractivity contribution is -0.149. The van der Waals surface area contributed by atoms with Crippen LogP contribution in [0, 0.1) is 0 Å². The van der Waals surface area contributed by atoms with Crippen LogP contribution in [0.25, 0.3) is 0 Å². The van der Waals surface area contributed by atoms with Crippen molar-refractivity contribution < 1.29 is 43.1 Å². The molecule has 0 aromatic rings. The number of aliphatic hydroxyl groups is 1. The first kappa shape index (κ1) is 58.7. The van der Waals surface area contributed by atoms with Gasteiger partial charge in [-0.25, -0.2) is 0 Å². The molecule has 0 bridgehead atoms. The second-order valence-electron chi connectivity index (χ2n) is 16.9. The SMILES string of the molecule is CCCCCCOC(CCCCC(=O)OCCCCCCN(CCO)CCCCCCOC(=O)CCCCC(OCCCCCC)OCCCCCC)OCCCCCC. The molecule has 0 heterocycles. The number of rotatable bonds is 50. The zero-order chi connectivity index (χ0) is 43.8. The average Bonchev–Trinajstić information content (AvgIpc) is 3.24. The van der Waals surface area contributed by atoms with Gasteiger partial charge in [0.2, 0.25) is 0 Å². The van der Waals surface area contributed by atoms with Crippen molar-refractivity contribution in [1.29, 1.82) is 0 Å². The topological polar surface area (TPSA) is 113 Å². The Morgan fingerprint density at radius 2 is 0.700 bits per heavy atom. The van der Waals surface area contributed by atoms with Crippen LogP contribution >= 0.6 is 0 Å². The summed E-state index contributed by atoms with van der Waals surface area (Å²) in [5.41, 5.74) is 0. The Labute approximate surface area is 370 Å². The third kappa shape index (κ3) is 43.4. The molecule has 0 spiro atoms. The zero-order valence-corrected chi connectivity index (χ0v) is 40.0. The molecule has 0 amide bonds. The summed E-state index contributed by atoms with van der Waals surface area (Å²) in [6.45, 7) is 15.7. The third-order valence-electron chi connectivity index (χ3n) is 11.0. The number of nitrogens with zero attached hydrogens (tertiary/aromatic N) is 1. The predicted octanol–water partition coefficient (Wildman–Crippen LogP) is 12.6. The lowest BCUT2D eigenvalue weighted by Crippen LogP contribution is -2.29. The minimum Gasteiger partial charge on any atom is -0.466 e.